The van der Waals surface area contributed by atoms with E-state index in [9.17, 15) is 14.6 Å². The predicted molar refractivity (Wildman–Crippen MR) is 74.1 cm³/mol. The lowest BCUT2D eigenvalue weighted by Gasteiger charge is -2.24. The van der Waals surface area contributed by atoms with E-state index in [1.54, 1.807) is 6.92 Å². The lowest BCUT2D eigenvalue weighted by Crippen LogP contribution is -2.34. The highest BCUT2D eigenvalue weighted by atomic mass is 31.2. The van der Waals surface area contributed by atoms with Gasteiger partial charge in [-0.15, -0.1) is 0 Å². The molecule has 0 aliphatic carbocycles. The Bertz CT molecular complexity index is 338. The van der Waals surface area contributed by atoms with Crippen LogP contribution in [0.1, 0.15) is 33.6 Å². The van der Waals surface area contributed by atoms with Crippen molar-refractivity contribution in [2.45, 2.75) is 58.0 Å². The second-order valence-corrected chi connectivity index (χ2v) is 6.92. The molecule has 20 heavy (non-hydrogen) atoms. The number of hydrogen-bond donors (Lipinski definition) is 3. The fraction of sp³-hybridized carbons (Fsp3) is 1.00. The Hall–Kier alpha value is -0.0100. The first kappa shape index (κ1) is 18.0. The summed E-state index contributed by atoms with van der Waals surface area (Å²) in [5, 5.41) is 10.0. The maximum Gasteiger partial charge on any atom is 0.472 e. The maximum atomic E-state index is 11.8. The molecule has 0 saturated carbocycles. The minimum atomic E-state index is -4.21. The van der Waals surface area contributed by atoms with Crippen molar-refractivity contribution in [1.29, 1.82) is 0 Å². The lowest BCUT2D eigenvalue weighted by atomic mass is 10.00. The second-order valence-electron chi connectivity index (χ2n) is 5.51. The topological polar surface area (TPSA) is 111 Å². The predicted octanol–water partition coefficient (Wildman–Crippen LogP) is 1.03. The zero-order valence-corrected chi connectivity index (χ0v) is 13.2. The van der Waals surface area contributed by atoms with E-state index < -0.39 is 32.2 Å². The van der Waals surface area contributed by atoms with E-state index in [1.165, 1.54) is 0 Å². The van der Waals surface area contributed by atoms with Crippen molar-refractivity contribution in [3.8, 4) is 0 Å². The number of rotatable bonds is 8. The van der Waals surface area contributed by atoms with Crippen LogP contribution in [0.15, 0.2) is 0 Å². The van der Waals surface area contributed by atoms with Crippen LogP contribution in [0.3, 0.4) is 0 Å². The van der Waals surface area contributed by atoms with Crippen LogP contribution in [0.5, 0.6) is 0 Å². The molecule has 1 fully saturated rings. The Labute approximate surface area is 120 Å². The van der Waals surface area contributed by atoms with Crippen molar-refractivity contribution in [3.05, 3.63) is 0 Å². The third-order valence-electron chi connectivity index (χ3n) is 3.13. The van der Waals surface area contributed by atoms with Gasteiger partial charge in [0, 0.05) is 0 Å². The van der Waals surface area contributed by atoms with Crippen LogP contribution in [0.2, 0.25) is 0 Å². The first-order chi connectivity index (χ1) is 9.26. The van der Waals surface area contributed by atoms with Crippen LogP contribution < -0.4 is 5.73 Å². The molecule has 1 aliphatic rings. The van der Waals surface area contributed by atoms with Gasteiger partial charge in [-0.1, -0.05) is 13.8 Å². The molecule has 0 aromatic rings. The molecule has 1 unspecified atom stereocenters. The standard InChI is InChI=1S/C12H26NO6P/c1-8(2)7-10-12(11(14)9(3)18-10)19-20(15,16)17-6-4-5-13/h8-12,14H,4-7,13H2,1-3H3,(H,15,16)/t9-,10+,11-,12+/m0/s1. The molecule has 0 spiro atoms. The minimum Gasteiger partial charge on any atom is -0.388 e. The summed E-state index contributed by atoms with van der Waals surface area (Å²) in [5.74, 6) is 0.319. The molecule has 1 heterocycles. The molecule has 1 aliphatic heterocycles. The molecular weight excluding hydrogens is 285 g/mol. The molecular formula is C12H26NO6P. The molecule has 0 aromatic heterocycles. The number of hydrogen-bond acceptors (Lipinski definition) is 6. The first-order valence-corrected chi connectivity index (χ1v) is 8.45. The van der Waals surface area contributed by atoms with Gasteiger partial charge in [0.15, 0.2) is 0 Å². The molecule has 120 valence electrons. The lowest BCUT2D eigenvalue weighted by molar-refractivity contribution is -0.000431. The molecule has 0 radical (unpaired) electrons. The number of aliphatic hydroxyl groups is 1. The van der Waals surface area contributed by atoms with Crippen molar-refractivity contribution in [2.75, 3.05) is 13.2 Å². The smallest absolute Gasteiger partial charge is 0.388 e. The van der Waals surface area contributed by atoms with Crippen LogP contribution >= 0.6 is 7.82 Å². The summed E-state index contributed by atoms with van der Waals surface area (Å²) in [7, 11) is -4.21. The summed E-state index contributed by atoms with van der Waals surface area (Å²) < 4.78 is 27.3. The Kier molecular flexibility index (Phi) is 7.08. The summed E-state index contributed by atoms with van der Waals surface area (Å²) in [6.07, 6.45) is -1.57. The van der Waals surface area contributed by atoms with Gasteiger partial charge in [0.05, 0.1) is 18.8 Å². The number of phosphoric acid groups is 1. The summed E-state index contributed by atoms with van der Waals surface area (Å²) in [6.45, 7) is 6.12. The number of aliphatic hydroxyl groups excluding tert-OH is 1. The molecule has 1 saturated heterocycles. The highest BCUT2D eigenvalue weighted by Gasteiger charge is 2.46. The molecule has 0 bridgehead atoms. The summed E-state index contributed by atoms with van der Waals surface area (Å²) >= 11 is 0. The van der Waals surface area contributed by atoms with E-state index in [0.717, 1.165) is 0 Å². The molecule has 5 atom stereocenters. The number of phosphoric ester groups is 1. The van der Waals surface area contributed by atoms with E-state index in [4.69, 9.17) is 19.5 Å². The fourth-order valence-electron chi connectivity index (χ4n) is 2.15. The van der Waals surface area contributed by atoms with Gasteiger partial charge in [0.2, 0.25) is 0 Å². The zero-order chi connectivity index (χ0) is 15.3. The van der Waals surface area contributed by atoms with Crippen LogP contribution in [-0.4, -0.2) is 47.6 Å². The molecule has 8 heteroatoms. The zero-order valence-electron chi connectivity index (χ0n) is 12.3. The van der Waals surface area contributed by atoms with Gasteiger partial charge in [-0.2, -0.15) is 0 Å². The molecule has 0 aromatic carbocycles. The Morgan fingerprint density at radius 2 is 2.10 bits per heavy atom. The van der Waals surface area contributed by atoms with Crippen molar-refractivity contribution in [2.24, 2.45) is 11.7 Å². The van der Waals surface area contributed by atoms with E-state index in [0.29, 0.717) is 25.3 Å². The number of nitrogens with two attached hydrogens (primary N) is 1. The number of ether oxygens (including phenoxy) is 1. The highest BCUT2D eigenvalue weighted by molar-refractivity contribution is 7.47. The second kappa shape index (κ2) is 7.84. The molecule has 1 rings (SSSR count). The van der Waals surface area contributed by atoms with Crippen molar-refractivity contribution < 1.29 is 28.3 Å². The third-order valence-corrected chi connectivity index (χ3v) is 4.15. The van der Waals surface area contributed by atoms with E-state index in [-0.39, 0.29) is 6.61 Å². The van der Waals surface area contributed by atoms with Crippen molar-refractivity contribution in [3.63, 3.8) is 0 Å². The van der Waals surface area contributed by atoms with Crippen LogP contribution in [0.25, 0.3) is 0 Å². The van der Waals surface area contributed by atoms with Gasteiger partial charge >= 0.3 is 7.82 Å². The largest absolute Gasteiger partial charge is 0.472 e. The van der Waals surface area contributed by atoms with Crippen LogP contribution in [-0.2, 0) is 18.3 Å². The highest BCUT2D eigenvalue weighted by Crippen LogP contribution is 2.47. The normalized spacial score (nSPS) is 33.5. The van der Waals surface area contributed by atoms with Gasteiger partial charge in [-0.25, -0.2) is 4.57 Å². The van der Waals surface area contributed by atoms with Crippen LogP contribution in [0, 0.1) is 5.92 Å². The summed E-state index contributed by atoms with van der Waals surface area (Å²) in [4.78, 5) is 9.66. The third kappa shape index (κ3) is 5.41. The maximum absolute atomic E-state index is 11.8. The van der Waals surface area contributed by atoms with Gasteiger partial charge in [-0.3, -0.25) is 9.05 Å². The van der Waals surface area contributed by atoms with Gasteiger partial charge in [-0.05, 0) is 32.2 Å². The first-order valence-electron chi connectivity index (χ1n) is 6.96. The fourth-order valence-corrected chi connectivity index (χ4v) is 3.14. The molecule has 4 N–H and O–H groups in total. The Balaban J connectivity index is 2.63. The van der Waals surface area contributed by atoms with Gasteiger partial charge in [0.25, 0.3) is 0 Å². The minimum absolute atomic E-state index is 0.0400. The van der Waals surface area contributed by atoms with E-state index in [1.807, 2.05) is 13.8 Å². The van der Waals surface area contributed by atoms with Crippen molar-refractivity contribution >= 4 is 7.82 Å². The van der Waals surface area contributed by atoms with E-state index >= 15 is 0 Å². The summed E-state index contributed by atoms with van der Waals surface area (Å²) in [5.41, 5.74) is 5.29. The molecule has 7 nitrogen and oxygen atoms in total. The Morgan fingerprint density at radius 3 is 2.65 bits per heavy atom. The SMILES string of the molecule is CC(C)C[C@H]1O[C@@H](C)[C@H](O)[C@@H]1OP(=O)(O)OCCCN. The average Bonchev–Trinajstić information content (AvgIpc) is 2.56. The Morgan fingerprint density at radius 1 is 1.45 bits per heavy atom. The summed E-state index contributed by atoms with van der Waals surface area (Å²) in [6, 6.07) is 0. The molecule has 0 amide bonds. The monoisotopic (exact) mass is 311 g/mol. The van der Waals surface area contributed by atoms with Crippen molar-refractivity contribution in [1.82, 2.24) is 0 Å². The van der Waals surface area contributed by atoms with Crippen LogP contribution in [0.4, 0.5) is 0 Å². The van der Waals surface area contributed by atoms with Gasteiger partial charge in [0.1, 0.15) is 12.2 Å². The van der Waals surface area contributed by atoms with Gasteiger partial charge < -0.3 is 20.5 Å². The quantitative estimate of drug-likeness (QED) is 0.453. The average molecular weight is 311 g/mol. The van der Waals surface area contributed by atoms with E-state index in [2.05, 4.69) is 0 Å².